The summed E-state index contributed by atoms with van der Waals surface area (Å²) in [6.07, 6.45) is 0. The van der Waals surface area contributed by atoms with Crippen molar-refractivity contribution in [3.63, 3.8) is 0 Å². The molecule has 2 rings (SSSR count). The standard InChI is InChI=1S/C18H17F2NO4/c1-10-3-5-14(16(22)7-10)18(24)25-9-17(23)21-11(2)13-6-4-12(19)8-15(13)20/h3-8,11,22H,9H2,1-2H3,(H,21,23)/t11-/m1/s1. The molecule has 0 fully saturated rings. The smallest absolute Gasteiger partial charge is 0.342 e. The zero-order chi connectivity index (χ0) is 18.6. The number of aryl methyl sites for hydroxylation is 1. The van der Waals surface area contributed by atoms with E-state index < -0.39 is 36.2 Å². The lowest BCUT2D eigenvalue weighted by Crippen LogP contribution is -2.31. The highest BCUT2D eigenvalue weighted by atomic mass is 19.1. The van der Waals surface area contributed by atoms with Crippen molar-refractivity contribution < 1.29 is 28.2 Å². The Morgan fingerprint density at radius 1 is 1.20 bits per heavy atom. The van der Waals surface area contributed by atoms with E-state index in [2.05, 4.69) is 5.32 Å². The first-order valence-corrected chi connectivity index (χ1v) is 7.49. The van der Waals surface area contributed by atoms with Crippen LogP contribution in [-0.2, 0) is 9.53 Å². The number of ether oxygens (including phenoxy) is 1. The summed E-state index contributed by atoms with van der Waals surface area (Å²) >= 11 is 0. The van der Waals surface area contributed by atoms with Crippen molar-refractivity contribution in [2.24, 2.45) is 0 Å². The molecular weight excluding hydrogens is 332 g/mol. The van der Waals surface area contributed by atoms with Gasteiger partial charge in [-0.15, -0.1) is 0 Å². The lowest BCUT2D eigenvalue weighted by molar-refractivity contribution is -0.124. The fourth-order valence-corrected chi connectivity index (χ4v) is 2.24. The number of esters is 1. The molecule has 0 aliphatic rings. The van der Waals surface area contributed by atoms with Gasteiger partial charge in [0.2, 0.25) is 0 Å². The molecule has 0 aliphatic carbocycles. The van der Waals surface area contributed by atoms with E-state index in [1.165, 1.54) is 25.1 Å². The van der Waals surface area contributed by atoms with Crippen LogP contribution in [0.15, 0.2) is 36.4 Å². The number of rotatable bonds is 5. The minimum absolute atomic E-state index is 0.0592. The Morgan fingerprint density at radius 3 is 2.56 bits per heavy atom. The molecule has 0 radical (unpaired) electrons. The summed E-state index contributed by atoms with van der Waals surface area (Å²) in [5.41, 5.74) is 0.815. The van der Waals surface area contributed by atoms with Gasteiger partial charge in [0.05, 0.1) is 6.04 Å². The Bertz CT molecular complexity index is 808. The average Bonchev–Trinajstić information content (AvgIpc) is 2.52. The van der Waals surface area contributed by atoms with Crippen molar-refractivity contribution in [2.75, 3.05) is 6.61 Å². The Hall–Kier alpha value is -2.96. The summed E-state index contributed by atoms with van der Waals surface area (Å²) in [6.45, 7) is 2.67. The average molecular weight is 349 g/mol. The Balaban J connectivity index is 1.92. The molecule has 2 N–H and O–H groups in total. The third-order valence-electron chi connectivity index (χ3n) is 3.51. The van der Waals surface area contributed by atoms with Crippen LogP contribution in [0.1, 0.15) is 34.5 Å². The molecule has 132 valence electrons. The van der Waals surface area contributed by atoms with Crippen LogP contribution >= 0.6 is 0 Å². The number of carbonyl (C=O) groups is 2. The van der Waals surface area contributed by atoms with Crippen LogP contribution in [0.5, 0.6) is 5.75 Å². The van der Waals surface area contributed by atoms with E-state index in [1.807, 2.05) is 0 Å². The van der Waals surface area contributed by atoms with Gasteiger partial charge in [0.1, 0.15) is 22.9 Å². The maximum absolute atomic E-state index is 13.7. The predicted molar refractivity (Wildman–Crippen MR) is 86.0 cm³/mol. The van der Waals surface area contributed by atoms with Crippen LogP contribution < -0.4 is 5.32 Å². The summed E-state index contributed by atoms with van der Waals surface area (Å²) in [5.74, 6) is -3.25. The molecule has 0 saturated carbocycles. The Morgan fingerprint density at radius 2 is 1.92 bits per heavy atom. The molecule has 5 nitrogen and oxygen atoms in total. The highest BCUT2D eigenvalue weighted by molar-refractivity contribution is 5.94. The molecule has 2 aromatic carbocycles. The van der Waals surface area contributed by atoms with Crippen LogP contribution in [0.3, 0.4) is 0 Å². The lowest BCUT2D eigenvalue weighted by atomic mass is 10.1. The first-order chi connectivity index (χ1) is 11.8. The minimum Gasteiger partial charge on any atom is -0.507 e. The van der Waals surface area contributed by atoms with Gasteiger partial charge in [-0.2, -0.15) is 0 Å². The van der Waals surface area contributed by atoms with Crippen LogP contribution in [-0.4, -0.2) is 23.6 Å². The van der Waals surface area contributed by atoms with Gasteiger partial charge in [-0.05, 0) is 37.6 Å². The lowest BCUT2D eigenvalue weighted by Gasteiger charge is -2.15. The first-order valence-electron chi connectivity index (χ1n) is 7.49. The molecule has 0 bridgehead atoms. The van der Waals surface area contributed by atoms with E-state index in [0.29, 0.717) is 0 Å². The molecule has 0 aliphatic heterocycles. The molecule has 25 heavy (non-hydrogen) atoms. The van der Waals surface area contributed by atoms with Gasteiger partial charge in [0.25, 0.3) is 5.91 Å². The van der Waals surface area contributed by atoms with Gasteiger partial charge in [-0.25, -0.2) is 13.6 Å². The van der Waals surface area contributed by atoms with E-state index in [4.69, 9.17) is 4.74 Å². The van der Waals surface area contributed by atoms with Gasteiger partial charge in [-0.1, -0.05) is 12.1 Å². The third-order valence-corrected chi connectivity index (χ3v) is 3.51. The molecule has 2 aromatic rings. The fraction of sp³-hybridized carbons (Fsp3) is 0.222. The Labute approximate surface area is 143 Å². The summed E-state index contributed by atoms with van der Waals surface area (Å²) in [6, 6.07) is 6.71. The van der Waals surface area contributed by atoms with Crippen LogP contribution in [0.4, 0.5) is 8.78 Å². The SMILES string of the molecule is Cc1ccc(C(=O)OCC(=O)N[C@H](C)c2ccc(F)cc2F)c(O)c1. The van der Waals surface area contributed by atoms with E-state index >= 15 is 0 Å². The number of hydrogen-bond donors (Lipinski definition) is 2. The van der Waals surface area contributed by atoms with Crippen molar-refractivity contribution >= 4 is 11.9 Å². The molecular formula is C18H17F2NO4. The van der Waals surface area contributed by atoms with Crippen LogP contribution in [0.2, 0.25) is 0 Å². The molecule has 0 heterocycles. The third kappa shape index (κ3) is 4.76. The second kappa shape index (κ2) is 7.74. The number of phenolic OH excluding ortho intramolecular Hbond substituents is 1. The summed E-state index contributed by atoms with van der Waals surface area (Å²) in [5, 5.41) is 12.1. The molecule has 1 amide bonds. The number of hydrogen-bond acceptors (Lipinski definition) is 4. The van der Waals surface area contributed by atoms with E-state index in [-0.39, 0.29) is 16.9 Å². The maximum Gasteiger partial charge on any atom is 0.342 e. The van der Waals surface area contributed by atoms with E-state index in [0.717, 1.165) is 17.7 Å². The minimum atomic E-state index is -0.853. The van der Waals surface area contributed by atoms with Gasteiger partial charge in [-0.3, -0.25) is 4.79 Å². The van der Waals surface area contributed by atoms with E-state index in [9.17, 15) is 23.5 Å². The molecule has 0 saturated heterocycles. The number of carbonyl (C=O) groups excluding carboxylic acids is 2. The van der Waals surface area contributed by atoms with Gasteiger partial charge in [0.15, 0.2) is 6.61 Å². The molecule has 7 heteroatoms. The number of nitrogens with one attached hydrogen (secondary N) is 1. The van der Waals surface area contributed by atoms with Crippen LogP contribution in [0, 0.1) is 18.6 Å². The van der Waals surface area contributed by atoms with Crippen LogP contribution in [0.25, 0.3) is 0 Å². The monoisotopic (exact) mass is 349 g/mol. The summed E-state index contributed by atoms with van der Waals surface area (Å²) in [4.78, 5) is 23.7. The normalized spacial score (nSPS) is 11.7. The second-order valence-corrected chi connectivity index (χ2v) is 5.55. The maximum atomic E-state index is 13.7. The number of amides is 1. The Kier molecular flexibility index (Phi) is 5.69. The highest BCUT2D eigenvalue weighted by Crippen LogP contribution is 2.20. The number of aromatic hydroxyl groups is 1. The predicted octanol–water partition coefficient (Wildman–Crippen LogP) is 3.01. The number of halogens is 2. The van der Waals surface area contributed by atoms with Crippen molar-refractivity contribution in [3.05, 3.63) is 64.7 Å². The van der Waals surface area contributed by atoms with Gasteiger partial charge >= 0.3 is 5.97 Å². The quantitative estimate of drug-likeness (QED) is 0.814. The highest BCUT2D eigenvalue weighted by Gasteiger charge is 2.17. The van der Waals surface area contributed by atoms with Gasteiger partial charge < -0.3 is 15.2 Å². The van der Waals surface area contributed by atoms with Crippen molar-refractivity contribution in [1.29, 1.82) is 0 Å². The van der Waals surface area contributed by atoms with Crippen molar-refractivity contribution in [3.8, 4) is 5.75 Å². The number of phenols is 1. The summed E-state index contributed by atoms with van der Waals surface area (Å²) < 4.78 is 31.4. The summed E-state index contributed by atoms with van der Waals surface area (Å²) in [7, 11) is 0. The zero-order valence-corrected chi connectivity index (χ0v) is 13.7. The van der Waals surface area contributed by atoms with Crippen molar-refractivity contribution in [2.45, 2.75) is 19.9 Å². The van der Waals surface area contributed by atoms with Gasteiger partial charge in [0, 0.05) is 11.6 Å². The topological polar surface area (TPSA) is 75.6 Å². The zero-order valence-electron chi connectivity index (χ0n) is 13.7. The molecule has 0 spiro atoms. The molecule has 0 aromatic heterocycles. The second-order valence-electron chi connectivity index (χ2n) is 5.55. The van der Waals surface area contributed by atoms with Crippen molar-refractivity contribution in [1.82, 2.24) is 5.32 Å². The van der Waals surface area contributed by atoms with E-state index in [1.54, 1.807) is 13.0 Å². The molecule has 0 unspecified atom stereocenters. The molecule has 1 atom stereocenters. The fourth-order valence-electron chi connectivity index (χ4n) is 2.24. The first kappa shape index (κ1) is 18.4. The number of benzene rings is 2. The largest absolute Gasteiger partial charge is 0.507 e.